The predicted octanol–water partition coefficient (Wildman–Crippen LogP) is 3.27. The van der Waals surface area contributed by atoms with Crippen LogP contribution in [-0.2, 0) is 6.54 Å². The zero-order valence-electron chi connectivity index (χ0n) is 12.0. The molecule has 2 heterocycles. The van der Waals surface area contributed by atoms with Crippen LogP contribution in [0.1, 0.15) is 23.6 Å². The zero-order valence-corrected chi connectivity index (χ0v) is 12.8. The maximum atomic E-state index is 6.23. The van der Waals surface area contributed by atoms with Gasteiger partial charge in [-0.3, -0.25) is 9.88 Å². The van der Waals surface area contributed by atoms with Crippen LogP contribution in [0.3, 0.4) is 0 Å². The van der Waals surface area contributed by atoms with Crippen LogP contribution in [0.15, 0.2) is 48.8 Å². The van der Waals surface area contributed by atoms with Crippen molar-refractivity contribution in [2.45, 2.75) is 19.0 Å². The lowest BCUT2D eigenvalue weighted by atomic mass is 10.1. The summed E-state index contributed by atoms with van der Waals surface area (Å²) in [4.78, 5) is 6.53. The Morgan fingerprint density at radius 3 is 2.90 bits per heavy atom. The Labute approximate surface area is 131 Å². The normalized spacial score (nSPS) is 20.1. The summed E-state index contributed by atoms with van der Waals surface area (Å²) < 4.78 is 0. The van der Waals surface area contributed by atoms with Gasteiger partial charge < -0.3 is 5.32 Å². The Morgan fingerprint density at radius 2 is 2.10 bits per heavy atom. The number of nitrogens with zero attached hydrogens (tertiary/aromatic N) is 2. The molecule has 0 bridgehead atoms. The van der Waals surface area contributed by atoms with E-state index in [1.807, 2.05) is 12.3 Å². The summed E-state index contributed by atoms with van der Waals surface area (Å²) in [5.41, 5.74) is 2.51. The lowest BCUT2D eigenvalue weighted by Crippen LogP contribution is -2.31. The van der Waals surface area contributed by atoms with E-state index in [9.17, 15) is 0 Å². The average Bonchev–Trinajstić information content (AvgIpc) is 2.76. The molecule has 3 nitrogen and oxygen atoms in total. The van der Waals surface area contributed by atoms with Gasteiger partial charge in [-0.05, 0) is 36.7 Å². The van der Waals surface area contributed by atoms with Crippen molar-refractivity contribution in [3.8, 4) is 0 Å². The summed E-state index contributed by atoms with van der Waals surface area (Å²) >= 11 is 6.23. The molecular weight excluding hydrogens is 282 g/mol. The van der Waals surface area contributed by atoms with Crippen molar-refractivity contribution in [2.24, 2.45) is 0 Å². The lowest BCUT2D eigenvalue weighted by Gasteiger charge is -2.25. The second-order valence-corrected chi connectivity index (χ2v) is 5.88. The maximum Gasteiger partial charge on any atom is 0.0634 e. The maximum absolute atomic E-state index is 6.23. The zero-order chi connectivity index (χ0) is 14.5. The minimum absolute atomic E-state index is 0.384. The van der Waals surface area contributed by atoms with Gasteiger partial charge in [0, 0.05) is 31.5 Å². The number of nitrogens with one attached hydrogen (secondary N) is 1. The van der Waals surface area contributed by atoms with Gasteiger partial charge in [0.25, 0.3) is 0 Å². The molecule has 0 amide bonds. The number of hydrogen-bond donors (Lipinski definition) is 1. The standard InChI is InChI=1S/C17H20ClN3/c18-16-11-19-9-7-15(16)12-21-10-4-8-20-17(13-21)14-5-2-1-3-6-14/h1-3,5-7,9,11,17,20H,4,8,10,12-13H2. The Bertz CT molecular complexity index is 573. The highest BCUT2D eigenvalue weighted by molar-refractivity contribution is 6.31. The number of benzene rings is 1. The van der Waals surface area contributed by atoms with Crippen molar-refractivity contribution < 1.29 is 0 Å². The van der Waals surface area contributed by atoms with Crippen LogP contribution in [0.5, 0.6) is 0 Å². The van der Waals surface area contributed by atoms with Gasteiger partial charge in [-0.25, -0.2) is 0 Å². The molecule has 0 spiro atoms. The van der Waals surface area contributed by atoms with E-state index < -0.39 is 0 Å². The van der Waals surface area contributed by atoms with Crippen LogP contribution in [-0.4, -0.2) is 29.5 Å². The molecule has 2 aromatic rings. The summed E-state index contributed by atoms with van der Waals surface area (Å²) in [6, 6.07) is 13.1. The van der Waals surface area contributed by atoms with E-state index in [2.05, 4.69) is 45.5 Å². The Kier molecular flexibility index (Phi) is 4.86. The SMILES string of the molecule is Clc1cnccc1CN1CCCNC(c2ccccc2)C1. The van der Waals surface area contributed by atoms with E-state index >= 15 is 0 Å². The van der Waals surface area contributed by atoms with Gasteiger partial charge >= 0.3 is 0 Å². The number of aromatic nitrogens is 1. The molecule has 0 aliphatic carbocycles. The highest BCUT2D eigenvalue weighted by atomic mass is 35.5. The third kappa shape index (κ3) is 3.82. The number of rotatable bonds is 3. The molecule has 1 aromatic carbocycles. The van der Waals surface area contributed by atoms with Gasteiger partial charge in [0.1, 0.15) is 0 Å². The quantitative estimate of drug-likeness (QED) is 0.943. The molecule has 1 aliphatic rings. The van der Waals surface area contributed by atoms with Crippen molar-refractivity contribution >= 4 is 11.6 Å². The smallest absolute Gasteiger partial charge is 0.0634 e. The molecule has 4 heteroatoms. The first-order valence-electron chi connectivity index (χ1n) is 7.42. The predicted molar refractivity (Wildman–Crippen MR) is 86.3 cm³/mol. The third-order valence-corrected chi connectivity index (χ3v) is 4.28. The number of pyridine rings is 1. The highest BCUT2D eigenvalue weighted by Gasteiger charge is 2.19. The average molecular weight is 302 g/mol. The fourth-order valence-electron chi connectivity index (χ4n) is 2.82. The van der Waals surface area contributed by atoms with E-state index in [0.717, 1.165) is 43.2 Å². The van der Waals surface area contributed by atoms with E-state index in [1.165, 1.54) is 5.56 Å². The fraction of sp³-hybridized carbons (Fsp3) is 0.353. The molecule has 1 N–H and O–H groups in total. The molecule has 1 aliphatic heterocycles. The van der Waals surface area contributed by atoms with Gasteiger partial charge in [-0.1, -0.05) is 41.9 Å². The topological polar surface area (TPSA) is 28.2 Å². The van der Waals surface area contributed by atoms with E-state index in [1.54, 1.807) is 6.20 Å². The van der Waals surface area contributed by atoms with Crippen molar-refractivity contribution in [1.82, 2.24) is 15.2 Å². The van der Waals surface area contributed by atoms with E-state index in [4.69, 9.17) is 11.6 Å². The van der Waals surface area contributed by atoms with Gasteiger partial charge in [0.15, 0.2) is 0 Å². The molecule has 3 rings (SSSR count). The van der Waals surface area contributed by atoms with Gasteiger partial charge in [0.05, 0.1) is 5.02 Å². The van der Waals surface area contributed by atoms with Crippen LogP contribution >= 0.6 is 11.6 Å². The van der Waals surface area contributed by atoms with E-state index in [0.29, 0.717) is 6.04 Å². The first kappa shape index (κ1) is 14.5. The minimum atomic E-state index is 0.384. The summed E-state index contributed by atoms with van der Waals surface area (Å²) in [5.74, 6) is 0. The van der Waals surface area contributed by atoms with Crippen molar-refractivity contribution in [1.29, 1.82) is 0 Å². The van der Waals surface area contributed by atoms with Crippen LogP contribution in [0, 0.1) is 0 Å². The van der Waals surface area contributed by atoms with Gasteiger partial charge in [0.2, 0.25) is 0 Å². The molecule has 0 radical (unpaired) electrons. The Morgan fingerprint density at radius 1 is 1.24 bits per heavy atom. The second kappa shape index (κ2) is 7.03. The third-order valence-electron chi connectivity index (χ3n) is 3.93. The minimum Gasteiger partial charge on any atom is -0.309 e. The molecule has 1 atom stereocenters. The van der Waals surface area contributed by atoms with Crippen LogP contribution in [0.4, 0.5) is 0 Å². The van der Waals surface area contributed by atoms with Crippen molar-refractivity contribution in [2.75, 3.05) is 19.6 Å². The fourth-order valence-corrected chi connectivity index (χ4v) is 3.00. The van der Waals surface area contributed by atoms with Crippen molar-refractivity contribution in [3.05, 3.63) is 64.9 Å². The molecule has 0 saturated carbocycles. The summed E-state index contributed by atoms with van der Waals surface area (Å²) in [6.45, 7) is 4.03. The van der Waals surface area contributed by atoms with Crippen molar-refractivity contribution in [3.63, 3.8) is 0 Å². The highest BCUT2D eigenvalue weighted by Crippen LogP contribution is 2.21. The summed E-state index contributed by atoms with van der Waals surface area (Å²) in [6.07, 6.45) is 4.69. The van der Waals surface area contributed by atoms with E-state index in [-0.39, 0.29) is 0 Å². The first-order valence-corrected chi connectivity index (χ1v) is 7.80. The molecule has 1 fully saturated rings. The molecular formula is C17H20ClN3. The molecule has 21 heavy (non-hydrogen) atoms. The monoisotopic (exact) mass is 301 g/mol. The molecule has 1 saturated heterocycles. The number of hydrogen-bond acceptors (Lipinski definition) is 3. The van der Waals surface area contributed by atoms with Crippen LogP contribution < -0.4 is 5.32 Å². The largest absolute Gasteiger partial charge is 0.309 e. The van der Waals surface area contributed by atoms with Crippen LogP contribution in [0.25, 0.3) is 0 Å². The van der Waals surface area contributed by atoms with Gasteiger partial charge in [-0.2, -0.15) is 0 Å². The Hall–Kier alpha value is -1.42. The molecule has 1 unspecified atom stereocenters. The second-order valence-electron chi connectivity index (χ2n) is 5.47. The number of halogens is 1. The first-order chi connectivity index (χ1) is 10.3. The van der Waals surface area contributed by atoms with Crippen LogP contribution in [0.2, 0.25) is 5.02 Å². The Balaban J connectivity index is 1.72. The molecule has 110 valence electrons. The lowest BCUT2D eigenvalue weighted by molar-refractivity contribution is 0.261. The summed E-state index contributed by atoms with van der Waals surface area (Å²) in [7, 11) is 0. The summed E-state index contributed by atoms with van der Waals surface area (Å²) in [5, 5.41) is 4.40. The van der Waals surface area contributed by atoms with Gasteiger partial charge in [-0.15, -0.1) is 0 Å². The molecule has 1 aromatic heterocycles.